The second-order valence-corrected chi connectivity index (χ2v) is 6.06. The van der Waals surface area contributed by atoms with Crippen molar-refractivity contribution >= 4 is 11.3 Å². The number of hydrogen-bond acceptors (Lipinski definition) is 4. The molecule has 1 N–H and O–H groups in total. The van der Waals surface area contributed by atoms with Crippen molar-refractivity contribution in [3.8, 4) is 0 Å². The Morgan fingerprint density at radius 3 is 2.94 bits per heavy atom. The SMILES string of the molecule is CNC(c1nc2c(s1)CCCC2)C1CCCO1. The lowest BCUT2D eigenvalue weighted by Crippen LogP contribution is -2.28. The number of likely N-dealkylation sites (N-methyl/N-ethyl adjacent to an activating group) is 1. The number of nitrogens with one attached hydrogen (secondary N) is 1. The van der Waals surface area contributed by atoms with E-state index in [4.69, 9.17) is 9.72 Å². The van der Waals surface area contributed by atoms with Gasteiger partial charge in [-0.25, -0.2) is 4.98 Å². The molecule has 0 amide bonds. The van der Waals surface area contributed by atoms with Gasteiger partial charge in [0, 0.05) is 11.5 Å². The minimum Gasteiger partial charge on any atom is -0.376 e. The lowest BCUT2D eigenvalue weighted by molar-refractivity contribution is 0.0806. The summed E-state index contributed by atoms with van der Waals surface area (Å²) in [6, 6.07) is 0.299. The van der Waals surface area contributed by atoms with Gasteiger partial charge < -0.3 is 10.1 Å². The maximum Gasteiger partial charge on any atom is 0.113 e. The van der Waals surface area contributed by atoms with Gasteiger partial charge in [-0.2, -0.15) is 0 Å². The van der Waals surface area contributed by atoms with Crippen molar-refractivity contribution < 1.29 is 4.74 Å². The topological polar surface area (TPSA) is 34.2 Å². The summed E-state index contributed by atoms with van der Waals surface area (Å²) in [5.74, 6) is 0. The first-order valence-corrected chi connectivity index (χ1v) is 7.47. The van der Waals surface area contributed by atoms with E-state index in [2.05, 4.69) is 5.32 Å². The molecule has 2 heterocycles. The van der Waals surface area contributed by atoms with Crippen LogP contribution >= 0.6 is 11.3 Å². The Labute approximate surface area is 107 Å². The van der Waals surface area contributed by atoms with Crippen LogP contribution in [0.4, 0.5) is 0 Å². The molecule has 0 spiro atoms. The third kappa shape index (κ3) is 2.26. The number of nitrogens with zero attached hydrogens (tertiary/aromatic N) is 1. The Bertz CT molecular complexity index is 361. The lowest BCUT2D eigenvalue weighted by atomic mass is 10.0. The lowest BCUT2D eigenvalue weighted by Gasteiger charge is -2.19. The molecule has 1 aromatic heterocycles. The van der Waals surface area contributed by atoms with Gasteiger partial charge in [0.15, 0.2) is 0 Å². The first-order chi connectivity index (χ1) is 8.38. The monoisotopic (exact) mass is 252 g/mol. The Balaban J connectivity index is 1.83. The van der Waals surface area contributed by atoms with Gasteiger partial charge in [0.1, 0.15) is 5.01 Å². The third-order valence-corrected chi connectivity index (χ3v) is 5.02. The number of thiazole rings is 1. The minimum atomic E-state index is 0.299. The fourth-order valence-corrected chi connectivity index (χ4v) is 4.16. The van der Waals surface area contributed by atoms with Crippen molar-refractivity contribution in [2.75, 3.05) is 13.7 Å². The molecule has 0 aromatic carbocycles. The van der Waals surface area contributed by atoms with E-state index in [1.54, 1.807) is 0 Å². The van der Waals surface area contributed by atoms with Gasteiger partial charge in [-0.15, -0.1) is 11.3 Å². The first kappa shape index (κ1) is 11.6. The fraction of sp³-hybridized carbons (Fsp3) is 0.769. The van der Waals surface area contributed by atoms with E-state index in [1.807, 2.05) is 18.4 Å². The van der Waals surface area contributed by atoms with Crippen LogP contribution in [0, 0.1) is 0 Å². The smallest absolute Gasteiger partial charge is 0.113 e. The molecule has 1 aromatic rings. The van der Waals surface area contributed by atoms with Gasteiger partial charge in [0.25, 0.3) is 0 Å². The van der Waals surface area contributed by atoms with Crippen molar-refractivity contribution in [3.05, 3.63) is 15.6 Å². The fourth-order valence-electron chi connectivity index (χ4n) is 2.84. The van der Waals surface area contributed by atoms with Crippen molar-refractivity contribution in [2.45, 2.75) is 50.7 Å². The molecule has 0 radical (unpaired) electrons. The molecule has 2 aliphatic rings. The second kappa shape index (κ2) is 5.04. The molecule has 3 nitrogen and oxygen atoms in total. The first-order valence-electron chi connectivity index (χ1n) is 6.66. The van der Waals surface area contributed by atoms with Gasteiger partial charge >= 0.3 is 0 Å². The molecule has 94 valence electrons. The van der Waals surface area contributed by atoms with Crippen LogP contribution < -0.4 is 5.32 Å². The highest BCUT2D eigenvalue weighted by molar-refractivity contribution is 7.11. The zero-order valence-electron chi connectivity index (χ0n) is 10.4. The minimum absolute atomic E-state index is 0.299. The molecular formula is C13H20N2OS. The molecule has 1 saturated heterocycles. The van der Waals surface area contributed by atoms with Crippen LogP contribution in [0.25, 0.3) is 0 Å². The van der Waals surface area contributed by atoms with Gasteiger partial charge in [0.2, 0.25) is 0 Å². The second-order valence-electron chi connectivity index (χ2n) is 4.95. The number of fused-ring (bicyclic) bond motifs is 1. The molecule has 0 saturated carbocycles. The molecule has 2 atom stereocenters. The predicted molar refractivity (Wildman–Crippen MR) is 69.5 cm³/mol. The average Bonchev–Trinajstić information content (AvgIpc) is 2.98. The summed E-state index contributed by atoms with van der Waals surface area (Å²) in [7, 11) is 2.02. The number of aryl methyl sites for hydroxylation is 2. The Morgan fingerprint density at radius 1 is 1.35 bits per heavy atom. The quantitative estimate of drug-likeness (QED) is 0.897. The summed E-state index contributed by atoms with van der Waals surface area (Å²) < 4.78 is 5.80. The summed E-state index contributed by atoms with van der Waals surface area (Å²) in [5.41, 5.74) is 1.36. The molecule has 2 unspecified atom stereocenters. The standard InChI is InChI=1S/C13H20N2OS/c1-14-12(10-6-4-8-16-10)13-15-9-5-2-3-7-11(9)17-13/h10,12,14H,2-8H2,1H3. The Kier molecular flexibility index (Phi) is 3.45. The molecular weight excluding hydrogens is 232 g/mol. The molecule has 1 aliphatic heterocycles. The highest BCUT2D eigenvalue weighted by Crippen LogP contribution is 2.33. The summed E-state index contributed by atoms with van der Waals surface area (Å²) in [6.07, 6.45) is 7.72. The highest BCUT2D eigenvalue weighted by Gasteiger charge is 2.29. The van der Waals surface area contributed by atoms with Crippen LogP contribution in [0.3, 0.4) is 0 Å². The Hall–Kier alpha value is -0.450. The van der Waals surface area contributed by atoms with Crippen LogP contribution in [0.1, 0.15) is 47.3 Å². The molecule has 0 bridgehead atoms. The normalized spacial score (nSPS) is 25.8. The van der Waals surface area contributed by atoms with E-state index in [0.29, 0.717) is 12.1 Å². The maximum atomic E-state index is 5.80. The van der Waals surface area contributed by atoms with Gasteiger partial charge in [-0.05, 0) is 45.6 Å². The zero-order chi connectivity index (χ0) is 11.7. The van der Waals surface area contributed by atoms with Gasteiger partial charge in [-0.3, -0.25) is 0 Å². The molecule has 1 fully saturated rings. The largest absolute Gasteiger partial charge is 0.376 e. The summed E-state index contributed by atoms with van der Waals surface area (Å²) >= 11 is 1.90. The number of ether oxygens (including phenoxy) is 1. The van der Waals surface area contributed by atoms with E-state index in [0.717, 1.165) is 13.0 Å². The van der Waals surface area contributed by atoms with Crippen molar-refractivity contribution in [1.82, 2.24) is 10.3 Å². The van der Waals surface area contributed by atoms with Crippen molar-refractivity contribution in [2.24, 2.45) is 0 Å². The zero-order valence-corrected chi connectivity index (χ0v) is 11.2. The maximum absolute atomic E-state index is 5.80. The van der Waals surface area contributed by atoms with Crippen LogP contribution in [-0.2, 0) is 17.6 Å². The van der Waals surface area contributed by atoms with E-state index >= 15 is 0 Å². The highest BCUT2D eigenvalue weighted by atomic mass is 32.1. The van der Waals surface area contributed by atoms with Crippen molar-refractivity contribution in [3.63, 3.8) is 0 Å². The third-order valence-electron chi connectivity index (χ3n) is 3.78. The number of rotatable bonds is 3. The molecule has 4 heteroatoms. The van der Waals surface area contributed by atoms with Crippen molar-refractivity contribution in [1.29, 1.82) is 0 Å². The van der Waals surface area contributed by atoms with Crippen LogP contribution in [-0.4, -0.2) is 24.7 Å². The number of aromatic nitrogens is 1. The Morgan fingerprint density at radius 2 is 2.24 bits per heavy atom. The summed E-state index contributed by atoms with van der Waals surface area (Å²) in [6.45, 7) is 0.911. The molecule has 17 heavy (non-hydrogen) atoms. The van der Waals surface area contributed by atoms with Crippen LogP contribution in [0.15, 0.2) is 0 Å². The summed E-state index contributed by atoms with van der Waals surface area (Å²) in [5, 5.41) is 4.63. The van der Waals surface area contributed by atoms with E-state index in [-0.39, 0.29) is 0 Å². The average molecular weight is 252 g/mol. The van der Waals surface area contributed by atoms with Gasteiger partial charge in [-0.1, -0.05) is 0 Å². The molecule has 1 aliphatic carbocycles. The van der Waals surface area contributed by atoms with Crippen LogP contribution in [0.2, 0.25) is 0 Å². The van der Waals surface area contributed by atoms with E-state index in [1.165, 1.54) is 47.7 Å². The predicted octanol–water partition coefficient (Wildman–Crippen LogP) is 2.46. The van der Waals surface area contributed by atoms with E-state index < -0.39 is 0 Å². The molecule has 3 rings (SSSR count). The van der Waals surface area contributed by atoms with Gasteiger partial charge in [0.05, 0.1) is 17.8 Å². The number of hydrogen-bond donors (Lipinski definition) is 1. The van der Waals surface area contributed by atoms with Crippen LogP contribution in [0.5, 0.6) is 0 Å². The summed E-state index contributed by atoms with van der Waals surface area (Å²) in [4.78, 5) is 6.36. The van der Waals surface area contributed by atoms with E-state index in [9.17, 15) is 0 Å².